The second-order valence-corrected chi connectivity index (χ2v) is 6.37. The molecule has 2 heterocycles. The predicted molar refractivity (Wildman–Crippen MR) is 97.0 cm³/mol. The molecule has 0 saturated carbocycles. The summed E-state index contributed by atoms with van der Waals surface area (Å²) in [6.07, 6.45) is 5.51. The van der Waals surface area contributed by atoms with E-state index in [9.17, 15) is 9.59 Å². The smallest absolute Gasteiger partial charge is 0.313 e. The van der Waals surface area contributed by atoms with Crippen molar-refractivity contribution in [3.63, 3.8) is 0 Å². The lowest BCUT2D eigenvalue weighted by Gasteiger charge is -2.38. The zero-order valence-corrected chi connectivity index (χ0v) is 14.5. The number of nitrogens with two attached hydrogens (primary N) is 2. The first kappa shape index (κ1) is 18.4. The van der Waals surface area contributed by atoms with Crippen LogP contribution in [0.15, 0.2) is 24.0 Å². The van der Waals surface area contributed by atoms with Gasteiger partial charge in [-0.1, -0.05) is 6.92 Å². The van der Waals surface area contributed by atoms with E-state index < -0.39 is 11.8 Å². The number of nitrogen functional groups attached to an aromatic ring is 1. The van der Waals surface area contributed by atoms with E-state index in [0.29, 0.717) is 35.7 Å². The summed E-state index contributed by atoms with van der Waals surface area (Å²) in [6.45, 7) is 4.24. The Kier molecular flexibility index (Phi) is 5.74. The van der Waals surface area contributed by atoms with Crippen LogP contribution in [0.2, 0.25) is 0 Å². The number of carbonyl (C=O) groups is 2. The number of nitrogens with one attached hydrogen (secondary N) is 2. The van der Waals surface area contributed by atoms with Gasteiger partial charge in [0.25, 0.3) is 0 Å². The molecule has 2 amide bonds. The Hall–Kier alpha value is -2.90. The van der Waals surface area contributed by atoms with Crippen molar-refractivity contribution in [2.75, 3.05) is 17.6 Å². The van der Waals surface area contributed by atoms with Crippen molar-refractivity contribution in [2.24, 2.45) is 11.7 Å². The molecular weight excluding hydrogens is 320 g/mol. The molecule has 1 aromatic rings. The molecule has 0 aliphatic carbocycles. The number of hydrogen-bond donors (Lipinski definition) is 4. The van der Waals surface area contributed by atoms with Gasteiger partial charge in [-0.25, -0.2) is 4.98 Å². The van der Waals surface area contributed by atoms with Crippen LogP contribution in [0.3, 0.4) is 0 Å². The highest BCUT2D eigenvalue weighted by atomic mass is 16.2. The van der Waals surface area contributed by atoms with Gasteiger partial charge in [0, 0.05) is 18.5 Å². The Morgan fingerprint density at radius 3 is 2.80 bits per heavy atom. The summed E-state index contributed by atoms with van der Waals surface area (Å²) in [4.78, 5) is 30.5. The molecule has 0 bridgehead atoms. The van der Waals surface area contributed by atoms with Crippen LogP contribution >= 0.6 is 0 Å². The summed E-state index contributed by atoms with van der Waals surface area (Å²) in [5, 5.41) is 9.71. The van der Waals surface area contributed by atoms with Crippen LogP contribution in [0.25, 0.3) is 0 Å². The summed E-state index contributed by atoms with van der Waals surface area (Å²) >= 11 is 0. The lowest BCUT2D eigenvalue weighted by Crippen LogP contribution is -2.52. The number of aryl methyl sites for hydroxylation is 1. The average Bonchev–Trinajstić information content (AvgIpc) is 2.57. The first-order valence-electron chi connectivity index (χ1n) is 8.13. The van der Waals surface area contributed by atoms with Crippen LogP contribution in [0, 0.1) is 18.3 Å². The predicted octanol–water partition coefficient (Wildman–Crippen LogP) is 1.03. The second kappa shape index (κ2) is 7.78. The van der Waals surface area contributed by atoms with E-state index in [4.69, 9.17) is 16.9 Å². The lowest BCUT2D eigenvalue weighted by molar-refractivity contribution is -0.145. The molecule has 2 rings (SSSR count). The van der Waals surface area contributed by atoms with Gasteiger partial charge in [-0.05, 0) is 43.4 Å². The van der Waals surface area contributed by atoms with E-state index in [0.717, 1.165) is 12.6 Å². The van der Waals surface area contributed by atoms with E-state index >= 15 is 0 Å². The molecule has 8 nitrogen and oxygen atoms in total. The maximum Gasteiger partial charge on any atom is 0.313 e. The SMILES string of the molecule is Cc1cc(NC(=O)C(=O)N2C[C@H](C)CC[C@H]2C(N)=CC=N)cnc1N. The monoisotopic (exact) mass is 344 g/mol. The Labute approximate surface area is 146 Å². The van der Waals surface area contributed by atoms with Crippen LogP contribution in [-0.4, -0.2) is 40.5 Å². The molecule has 0 aromatic carbocycles. The Balaban J connectivity index is 2.16. The van der Waals surface area contributed by atoms with E-state index in [1.165, 1.54) is 17.2 Å². The minimum absolute atomic E-state index is 0.279. The molecule has 1 fully saturated rings. The number of hydrogen-bond acceptors (Lipinski definition) is 6. The fourth-order valence-electron chi connectivity index (χ4n) is 2.90. The second-order valence-electron chi connectivity index (χ2n) is 6.37. The molecule has 1 aromatic heterocycles. The van der Waals surface area contributed by atoms with E-state index in [1.807, 2.05) is 6.92 Å². The minimum Gasteiger partial charge on any atom is -0.400 e. The third kappa shape index (κ3) is 4.34. The zero-order valence-electron chi connectivity index (χ0n) is 14.5. The Morgan fingerprint density at radius 2 is 2.16 bits per heavy atom. The summed E-state index contributed by atoms with van der Waals surface area (Å²) in [5.41, 5.74) is 13.2. The first-order valence-corrected chi connectivity index (χ1v) is 8.13. The van der Waals surface area contributed by atoms with Gasteiger partial charge in [-0.3, -0.25) is 9.59 Å². The topological polar surface area (TPSA) is 138 Å². The highest BCUT2D eigenvalue weighted by Crippen LogP contribution is 2.25. The molecule has 1 saturated heterocycles. The summed E-state index contributed by atoms with van der Waals surface area (Å²) in [5.74, 6) is -0.736. The van der Waals surface area contributed by atoms with Crippen LogP contribution in [0.1, 0.15) is 25.3 Å². The van der Waals surface area contributed by atoms with Gasteiger partial charge < -0.3 is 27.1 Å². The number of allylic oxidation sites excluding steroid dienone is 1. The van der Waals surface area contributed by atoms with Crippen molar-refractivity contribution in [3.05, 3.63) is 29.6 Å². The maximum atomic E-state index is 12.6. The van der Waals surface area contributed by atoms with Gasteiger partial charge in [0.05, 0.1) is 17.9 Å². The summed E-state index contributed by atoms with van der Waals surface area (Å²) in [7, 11) is 0. The molecule has 0 spiro atoms. The quantitative estimate of drug-likeness (QED) is 0.479. The van der Waals surface area contributed by atoms with Gasteiger partial charge in [0.15, 0.2) is 0 Å². The van der Waals surface area contributed by atoms with Gasteiger partial charge in [-0.15, -0.1) is 0 Å². The number of nitrogens with zero attached hydrogens (tertiary/aromatic N) is 2. The highest BCUT2D eigenvalue weighted by molar-refractivity contribution is 6.39. The number of likely N-dealkylation sites (tertiary alicyclic amines) is 1. The van der Waals surface area contributed by atoms with Crippen LogP contribution in [0.5, 0.6) is 0 Å². The number of aromatic nitrogens is 1. The van der Waals surface area contributed by atoms with Crippen LogP contribution in [0.4, 0.5) is 11.5 Å². The largest absolute Gasteiger partial charge is 0.400 e. The molecule has 1 aliphatic rings. The molecule has 25 heavy (non-hydrogen) atoms. The van der Waals surface area contributed by atoms with E-state index in [2.05, 4.69) is 10.3 Å². The highest BCUT2D eigenvalue weighted by Gasteiger charge is 2.34. The Bertz CT molecular complexity index is 715. The van der Waals surface area contributed by atoms with E-state index in [-0.39, 0.29) is 12.0 Å². The molecule has 6 N–H and O–H groups in total. The molecule has 0 unspecified atom stereocenters. The van der Waals surface area contributed by atoms with Crippen molar-refractivity contribution < 1.29 is 9.59 Å². The standard InChI is InChI=1S/C17H24N6O2/c1-10-3-4-14(13(19)5-6-18)23(9-10)17(25)16(24)22-12-7-11(2)15(20)21-8-12/h5-8,10,14,18H,3-4,9,19H2,1-2H3,(H2,20,21)(H,22,24)/t10-,14+/m1/s1. The number of carbonyl (C=O) groups excluding carboxylic acids is 2. The normalized spacial score (nSPS) is 20.9. The number of rotatable bonds is 3. The van der Waals surface area contributed by atoms with Crippen molar-refractivity contribution in [2.45, 2.75) is 32.7 Å². The number of pyridine rings is 1. The number of anilines is 2. The van der Waals surface area contributed by atoms with Crippen molar-refractivity contribution >= 4 is 29.5 Å². The summed E-state index contributed by atoms with van der Waals surface area (Å²) < 4.78 is 0. The van der Waals surface area contributed by atoms with Crippen LogP contribution < -0.4 is 16.8 Å². The third-order valence-corrected chi connectivity index (χ3v) is 4.31. The lowest BCUT2D eigenvalue weighted by atomic mass is 9.92. The molecule has 0 radical (unpaired) electrons. The molecule has 1 aliphatic heterocycles. The summed E-state index contributed by atoms with van der Waals surface area (Å²) in [6, 6.07) is 1.29. The van der Waals surface area contributed by atoms with Gasteiger partial charge >= 0.3 is 11.8 Å². The number of piperidine rings is 1. The molecular formula is C17H24N6O2. The van der Waals surface area contributed by atoms with Gasteiger partial charge in [0.1, 0.15) is 5.82 Å². The average molecular weight is 344 g/mol. The van der Waals surface area contributed by atoms with Crippen molar-refractivity contribution in [1.29, 1.82) is 5.41 Å². The van der Waals surface area contributed by atoms with Gasteiger partial charge in [-0.2, -0.15) is 0 Å². The zero-order chi connectivity index (χ0) is 18.6. The van der Waals surface area contributed by atoms with Crippen molar-refractivity contribution in [3.8, 4) is 0 Å². The van der Waals surface area contributed by atoms with Crippen LogP contribution in [-0.2, 0) is 9.59 Å². The first-order chi connectivity index (χ1) is 11.8. The van der Waals surface area contributed by atoms with Crippen molar-refractivity contribution in [1.82, 2.24) is 9.88 Å². The molecule has 134 valence electrons. The number of amides is 2. The molecule has 8 heteroatoms. The molecule has 2 atom stereocenters. The third-order valence-electron chi connectivity index (χ3n) is 4.31. The minimum atomic E-state index is -0.743. The van der Waals surface area contributed by atoms with E-state index in [1.54, 1.807) is 13.0 Å². The van der Waals surface area contributed by atoms with Gasteiger partial charge in [0.2, 0.25) is 0 Å². The maximum absolute atomic E-state index is 12.6. The fraction of sp³-hybridized carbons (Fsp3) is 0.412. The fourth-order valence-corrected chi connectivity index (χ4v) is 2.90. The Morgan fingerprint density at radius 1 is 1.44 bits per heavy atom.